The Morgan fingerprint density at radius 1 is 1.21 bits per heavy atom. The molecule has 1 aromatic heterocycles. The van der Waals surface area contributed by atoms with Crippen LogP contribution < -0.4 is 0 Å². The Morgan fingerprint density at radius 2 is 1.76 bits per heavy atom. The Bertz CT molecular complexity index is 832. The molecular formula is C17H22F3N3O5S. The number of carboxylic acid groups (broad SMARTS) is 1. The van der Waals surface area contributed by atoms with Gasteiger partial charge in [0.25, 0.3) is 5.91 Å². The highest BCUT2D eigenvalue weighted by Gasteiger charge is 2.46. The molecule has 3 heterocycles. The molecular weight excluding hydrogens is 415 g/mol. The number of hydrogen-bond acceptors (Lipinski definition) is 5. The average molecular weight is 437 g/mol. The summed E-state index contributed by atoms with van der Waals surface area (Å²) < 4.78 is 58.3. The average Bonchev–Trinajstić information content (AvgIpc) is 2.80. The Kier molecular flexibility index (Phi) is 7.22. The van der Waals surface area contributed by atoms with Crippen molar-refractivity contribution in [3.63, 3.8) is 0 Å². The van der Waals surface area contributed by atoms with E-state index in [0.717, 1.165) is 6.42 Å². The number of sulfonamides is 1. The molecule has 0 bridgehead atoms. The van der Waals surface area contributed by atoms with Gasteiger partial charge in [-0.15, -0.1) is 0 Å². The standard InChI is InChI=1S/C15H21N3O3S.C2HF3O2/c1-2-18-11-13-5-9-17(10-6-14(13)22(18,20)21)15(19)12-3-7-16-8-4-12;3-2(4,5)1(6)7/h3-4,7-8,13-14H,2,5-6,9-11H2,1H3;(H,6,7)/t13-,14-;/m1./s1. The Labute approximate surface area is 166 Å². The van der Waals surface area contributed by atoms with Crippen LogP contribution >= 0.6 is 0 Å². The van der Waals surface area contributed by atoms with Gasteiger partial charge in [0, 0.05) is 44.1 Å². The van der Waals surface area contributed by atoms with Crippen LogP contribution in [0.1, 0.15) is 30.1 Å². The van der Waals surface area contributed by atoms with Crippen molar-refractivity contribution in [2.24, 2.45) is 5.92 Å². The van der Waals surface area contributed by atoms with Crippen molar-refractivity contribution < 1.29 is 36.3 Å². The first-order chi connectivity index (χ1) is 13.5. The van der Waals surface area contributed by atoms with E-state index < -0.39 is 22.2 Å². The number of halogens is 3. The molecule has 2 saturated heterocycles. The van der Waals surface area contributed by atoms with Crippen molar-refractivity contribution in [1.29, 1.82) is 0 Å². The van der Waals surface area contributed by atoms with Crippen molar-refractivity contribution >= 4 is 21.9 Å². The lowest BCUT2D eigenvalue weighted by Gasteiger charge is -2.21. The number of aliphatic carboxylic acids is 1. The number of rotatable bonds is 2. The molecule has 2 atom stereocenters. The van der Waals surface area contributed by atoms with E-state index in [1.807, 2.05) is 6.92 Å². The third-order valence-corrected chi connectivity index (χ3v) is 7.48. The third-order valence-electron chi connectivity index (χ3n) is 4.97. The molecule has 1 aromatic rings. The van der Waals surface area contributed by atoms with Crippen LogP contribution in [0.2, 0.25) is 0 Å². The Balaban J connectivity index is 0.000000370. The quantitative estimate of drug-likeness (QED) is 0.753. The second kappa shape index (κ2) is 9.08. The van der Waals surface area contributed by atoms with Gasteiger partial charge in [-0.1, -0.05) is 6.92 Å². The van der Waals surface area contributed by atoms with E-state index in [1.165, 1.54) is 0 Å². The summed E-state index contributed by atoms with van der Waals surface area (Å²) in [6.45, 7) is 4.13. The van der Waals surface area contributed by atoms with Gasteiger partial charge in [-0.05, 0) is 30.9 Å². The van der Waals surface area contributed by atoms with E-state index in [-0.39, 0.29) is 17.1 Å². The van der Waals surface area contributed by atoms with Gasteiger partial charge in [-0.3, -0.25) is 9.78 Å². The largest absolute Gasteiger partial charge is 0.490 e. The first-order valence-electron chi connectivity index (χ1n) is 8.96. The summed E-state index contributed by atoms with van der Waals surface area (Å²) in [5.41, 5.74) is 0.611. The minimum atomic E-state index is -5.08. The molecule has 1 N–H and O–H groups in total. The number of carboxylic acids is 1. The van der Waals surface area contributed by atoms with E-state index in [9.17, 15) is 26.4 Å². The predicted molar refractivity (Wildman–Crippen MR) is 96.5 cm³/mol. The fourth-order valence-electron chi connectivity index (χ4n) is 3.49. The SMILES string of the molecule is CCN1C[C@H]2CCN(C(=O)c3ccncc3)CC[C@H]2S1(=O)=O.O=C(O)C(F)(F)F. The molecule has 2 fully saturated rings. The van der Waals surface area contributed by atoms with Crippen LogP contribution in [-0.2, 0) is 14.8 Å². The number of hydrogen-bond donors (Lipinski definition) is 1. The highest BCUT2D eigenvalue weighted by Crippen LogP contribution is 2.34. The molecule has 2 aliphatic heterocycles. The summed E-state index contributed by atoms with van der Waals surface area (Å²) in [5.74, 6) is -2.65. The number of alkyl halides is 3. The number of likely N-dealkylation sites (tertiary alicyclic amines) is 1. The second-order valence-electron chi connectivity index (χ2n) is 6.70. The number of pyridine rings is 1. The maximum atomic E-state index is 12.5. The number of amides is 1. The molecule has 0 spiro atoms. The van der Waals surface area contributed by atoms with Crippen LogP contribution in [0.4, 0.5) is 13.2 Å². The van der Waals surface area contributed by atoms with Crippen molar-refractivity contribution in [3.8, 4) is 0 Å². The summed E-state index contributed by atoms with van der Waals surface area (Å²) in [4.78, 5) is 27.1. The zero-order valence-corrected chi connectivity index (χ0v) is 16.5. The highest BCUT2D eigenvalue weighted by molar-refractivity contribution is 7.90. The molecule has 162 valence electrons. The lowest BCUT2D eigenvalue weighted by Crippen LogP contribution is -2.34. The van der Waals surface area contributed by atoms with Crippen LogP contribution in [0.5, 0.6) is 0 Å². The first kappa shape index (κ1) is 23.1. The minimum Gasteiger partial charge on any atom is -0.475 e. The van der Waals surface area contributed by atoms with Crippen LogP contribution in [0.25, 0.3) is 0 Å². The lowest BCUT2D eigenvalue weighted by atomic mass is 10.0. The summed E-state index contributed by atoms with van der Waals surface area (Å²) in [6.07, 6.45) is -0.607. The van der Waals surface area contributed by atoms with Gasteiger partial charge < -0.3 is 10.0 Å². The smallest absolute Gasteiger partial charge is 0.475 e. The van der Waals surface area contributed by atoms with Gasteiger partial charge in [-0.25, -0.2) is 17.5 Å². The zero-order valence-electron chi connectivity index (χ0n) is 15.7. The number of fused-ring (bicyclic) bond motifs is 1. The van der Waals surface area contributed by atoms with Gasteiger partial charge in [-0.2, -0.15) is 13.2 Å². The molecule has 29 heavy (non-hydrogen) atoms. The third kappa shape index (κ3) is 5.44. The predicted octanol–water partition coefficient (Wildman–Crippen LogP) is 1.60. The molecule has 0 radical (unpaired) electrons. The summed E-state index contributed by atoms with van der Waals surface area (Å²) in [7, 11) is -3.19. The number of aromatic nitrogens is 1. The van der Waals surface area contributed by atoms with Crippen LogP contribution in [-0.4, -0.2) is 77.2 Å². The normalized spacial score (nSPS) is 24.1. The van der Waals surface area contributed by atoms with Crippen molar-refractivity contribution in [1.82, 2.24) is 14.2 Å². The summed E-state index contributed by atoms with van der Waals surface area (Å²) >= 11 is 0. The minimum absolute atomic E-state index is 0.0351. The first-order valence-corrected chi connectivity index (χ1v) is 10.5. The monoisotopic (exact) mass is 437 g/mol. The van der Waals surface area contributed by atoms with Gasteiger partial charge in [0.2, 0.25) is 10.0 Å². The summed E-state index contributed by atoms with van der Waals surface area (Å²) in [6, 6.07) is 3.40. The van der Waals surface area contributed by atoms with E-state index in [1.54, 1.807) is 33.7 Å². The van der Waals surface area contributed by atoms with E-state index in [0.29, 0.717) is 38.2 Å². The molecule has 0 saturated carbocycles. The van der Waals surface area contributed by atoms with Crippen molar-refractivity contribution in [2.75, 3.05) is 26.2 Å². The van der Waals surface area contributed by atoms with E-state index in [2.05, 4.69) is 4.98 Å². The summed E-state index contributed by atoms with van der Waals surface area (Å²) in [5, 5.41) is 6.79. The number of carbonyl (C=O) groups excluding carboxylic acids is 1. The maximum Gasteiger partial charge on any atom is 0.490 e. The van der Waals surface area contributed by atoms with Crippen LogP contribution in [0.3, 0.4) is 0 Å². The molecule has 2 aliphatic rings. The molecule has 12 heteroatoms. The topological polar surface area (TPSA) is 108 Å². The molecule has 8 nitrogen and oxygen atoms in total. The second-order valence-corrected chi connectivity index (χ2v) is 8.85. The van der Waals surface area contributed by atoms with Gasteiger partial charge >= 0.3 is 12.1 Å². The van der Waals surface area contributed by atoms with Gasteiger partial charge in [0.05, 0.1) is 5.25 Å². The Morgan fingerprint density at radius 3 is 2.28 bits per heavy atom. The zero-order chi connectivity index (χ0) is 21.8. The van der Waals surface area contributed by atoms with Crippen LogP contribution in [0.15, 0.2) is 24.5 Å². The van der Waals surface area contributed by atoms with Crippen molar-refractivity contribution in [2.45, 2.75) is 31.2 Å². The molecule has 1 amide bonds. The molecule has 0 unspecified atom stereocenters. The van der Waals surface area contributed by atoms with E-state index in [4.69, 9.17) is 9.90 Å². The Hall–Kier alpha value is -2.21. The fraction of sp³-hybridized carbons (Fsp3) is 0.588. The molecule has 3 rings (SSSR count). The van der Waals surface area contributed by atoms with Crippen LogP contribution in [0, 0.1) is 5.92 Å². The fourth-order valence-corrected chi connectivity index (χ4v) is 5.74. The molecule has 0 aromatic carbocycles. The maximum absolute atomic E-state index is 12.5. The number of nitrogens with zero attached hydrogens (tertiary/aromatic N) is 3. The van der Waals surface area contributed by atoms with Gasteiger partial charge in [0.15, 0.2) is 0 Å². The van der Waals surface area contributed by atoms with Gasteiger partial charge in [0.1, 0.15) is 0 Å². The number of carbonyl (C=O) groups is 2. The van der Waals surface area contributed by atoms with Crippen molar-refractivity contribution in [3.05, 3.63) is 30.1 Å². The molecule has 0 aliphatic carbocycles. The van der Waals surface area contributed by atoms with E-state index >= 15 is 0 Å². The lowest BCUT2D eigenvalue weighted by molar-refractivity contribution is -0.192. The highest BCUT2D eigenvalue weighted by atomic mass is 32.2.